The molecule has 4 heavy (non-hydrogen) atoms. The second-order valence-electron chi connectivity index (χ2n) is 0. The first-order valence-corrected chi connectivity index (χ1v) is 0. The van der Waals surface area contributed by atoms with E-state index >= 15 is 0 Å². The van der Waals surface area contributed by atoms with Gasteiger partial charge in [-0.3, -0.25) is 0 Å². The third kappa shape index (κ3) is 12.7. The molecule has 0 saturated carbocycles. The molecule has 0 aromatic rings. The van der Waals surface area contributed by atoms with Crippen LogP contribution in [0.2, 0.25) is 0 Å². The van der Waals surface area contributed by atoms with Crippen LogP contribution in [0.3, 0.4) is 0 Å². The maximum Gasteiger partial charge on any atom is 0 e. The molecule has 0 spiro atoms. The summed E-state index contributed by atoms with van der Waals surface area (Å²) in [7, 11) is 0. The second kappa shape index (κ2) is 39.6. The van der Waals surface area contributed by atoms with Crippen LogP contribution in [0.5, 0.6) is 0 Å². The van der Waals surface area contributed by atoms with Gasteiger partial charge >= 0.3 is 0 Å². The zero-order chi connectivity index (χ0) is 0. The van der Waals surface area contributed by atoms with Crippen molar-refractivity contribution in [2.45, 2.75) is 7.43 Å². The van der Waals surface area contributed by atoms with E-state index < -0.39 is 0 Å². The van der Waals surface area contributed by atoms with Gasteiger partial charge in [0.25, 0.3) is 0 Å². The molecule has 5 radical (unpaired) electrons. The van der Waals surface area contributed by atoms with Crippen molar-refractivity contribution in [3.05, 3.63) is 0 Å². The van der Waals surface area contributed by atoms with Crippen molar-refractivity contribution in [2.75, 3.05) is 0 Å². The van der Waals surface area contributed by atoms with Gasteiger partial charge in [0.1, 0.15) is 0 Å². The van der Waals surface area contributed by atoms with Crippen molar-refractivity contribution < 1.29 is 27.9 Å². The first kappa shape index (κ1) is 89.7. The fraction of sp³-hybridized carbons (Fsp3) is 1.00. The number of rotatable bonds is 0. The van der Waals surface area contributed by atoms with Gasteiger partial charge in [-0.2, -0.15) is 0 Å². The van der Waals surface area contributed by atoms with Crippen LogP contribution in [0.4, 0.5) is 0 Å². The minimum absolute atomic E-state index is 0. The fourth-order valence-electron chi connectivity index (χ4n) is 0. The van der Waals surface area contributed by atoms with Gasteiger partial charge in [0.05, 0.1) is 0 Å². The van der Waals surface area contributed by atoms with Crippen LogP contribution in [0.25, 0.3) is 0 Å². The van der Waals surface area contributed by atoms with Gasteiger partial charge in [-0.1, -0.05) is 7.43 Å². The molecular weight excluding hydrogens is 253 g/mol. The predicted molar refractivity (Wildman–Crippen MR) is 16.1 cm³/mol. The standard InChI is InChI=1S/CH4.Au.H2O.Si/h1H4;;1H2;. The van der Waals surface area contributed by atoms with Gasteiger partial charge in [-0.25, -0.2) is 0 Å². The molecule has 0 aliphatic carbocycles. The van der Waals surface area contributed by atoms with Crippen molar-refractivity contribution in [3.8, 4) is 0 Å². The monoisotopic (exact) mass is 259 g/mol. The summed E-state index contributed by atoms with van der Waals surface area (Å²) < 4.78 is 0. The number of hydrogen-bond donors (Lipinski definition) is 0. The van der Waals surface area contributed by atoms with E-state index in [2.05, 4.69) is 0 Å². The normalized spacial score (nSPS) is 0. The molecule has 0 aromatic heterocycles. The molecule has 0 amide bonds. The van der Waals surface area contributed by atoms with Crippen LogP contribution < -0.4 is 0 Å². The Kier molecular flexibility index (Phi) is 889. The summed E-state index contributed by atoms with van der Waals surface area (Å²) in [6.07, 6.45) is 0. The van der Waals surface area contributed by atoms with Gasteiger partial charge < -0.3 is 5.48 Å². The molecule has 0 aromatic carbocycles. The molecule has 2 N–H and O–H groups in total. The molecule has 0 saturated heterocycles. The van der Waals surface area contributed by atoms with Crippen molar-refractivity contribution in [1.29, 1.82) is 0 Å². The molecule has 0 aliphatic rings. The maximum atomic E-state index is 0. The Hall–Kier alpha value is 0.917. The van der Waals surface area contributed by atoms with Gasteiger partial charge in [-0.05, 0) is 0 Å². The molecule has 0 aliphatic heterocycles. The van der Waals surface area contributed by atoms with Gasteiger partial charge in [0.2, 0.25) is 0 Å². The minimum Gasteiger partial charge on any atom is -0.412 e. The fourth-order valence-corrected chi connectivity index (χ4v) is 0. The summed E-state index contributed by atoms with van der Waals surface area (Å²) in [5.74, 6) is 0. The van der Waals surface area contributed by atoms with Gasteiger partial charge in [0, 0.05) is 33.3 Å². The van der Waals surface area contributed by atoms with Crippen LogP contribution in [-0.2, 0) is 22.4 Å². The van der Waals surface area contributed by atoms with Crippen LogP contribution in [0.15, 0.2) is 0 Å². The topological polar surface area (TPSA) is 31.5 Å². The Morgan fingerprint density at radius 3 is 1.00 bits per heavy atom. The van der Waals surface area contributed by atoms with E-state index in [1.54, 1.807) is 0 Å². The molecule has 31 valence electrons. The van der Waals surface area contributed by atoms with Crippen LogP contribution >= 0.6 is 0 Å². The molecule has 1 nitrogen and oxygen atoms in total. The van der Waals surface area contributed by atoms with Crippen LogP contribution in [0, 0.1) is 0 Å². The maximum absolute atomic E-state index is 0. The molecule has 0 heterocycles. The molecule has 0 bridgehead atoms. The van der Waals surface area contributed by atoms with Crippen molar-refractivity contribution in [2.24, 2.45) is 0 Å². The quantitative estimate of drug-likeness (QED) is 0.522. The van der Waals surface area contributed by atoms with Crippen molar-refractivity contribution in [3.63, 3.8) is 0 Å². The molecule has 0 rings (SSSR count). The molecule has 3 heteroatoms. The third-order valence-corrected chi connectivity index (χ3v) is 0. The Morgan fingerprint density at radius 1 is 1.00 bits per heavy atom. The largest absolute Gasteiger partial charge is 0.412 e. The van der Waals surface area contributed by atoms with Crippen molar-refractivity contribution >= 4 is 11.0 Å². The average Bonchev–Trinajstić information content (AvgIpc) is 0. The molecule has 0 fully saturated rings. The van der Waals surface area contributed by atoms with E-state index in [-0.39, 0.29) is 46.2 Å². The molecule has 0 unspecified atom stereocenters. The predicted octanol–water partition coefficient (Wildman–Crippen LogP) is -0.572. The average molecular weight is 259 g/mol. The second-order valence-corrected chi connectivity index (χ2v) is 0. The summed E-state index contributed by atoms with van der Waals surface area (Å²) in [6.45, 7) is 0. The summed E-state index contributed by atoms with van der Waals surface area (Å²) >= 11 is 0. The van der Waals surface area contributed by atoms with E-state index in [0.29, 0.717) is 0 Å². The minimum atomic E-state index is 0. The zero-order valence-electron chi connectivity index (χ0n) is 1.30. The van der Waals surface area contributed by atoms with E-state index in [9.17, 15) is 0 Å². The Bertz CT molecular complexity index is 8.00. The summed E-state index contributed by atoms with van der Waals surface area (Å²) in [5, 5.41) is 0. The smallest absolute Gasteiger partial charge is 0 e. The van der Waals surface area contributed by atoms with Gasteiger partial charge in [-0.15, -0.1) is 0 Å². The summed E-state index contributed by atoms with van der Waals surface area (Å²) in [6, 6.07) is 0. The van der Waals surface area contributed by atoms with E-state index in [1.807, 2.05) is 0 Å². The van der Waals surface area contributed by atoms with Gasteiger partial charge in [0.15, 0.2) is 0 Å². The third-order valence-electron chi connectivity index (χ3n) is 0. The van der Waals surface area contributed by atoms with E-state index in [1.165, 1.54) is 0 Å². The van der Waals surface area contributed by atoms with E-state index in [0.717, 1.165) is 0 Å². The zero-order valence-corrected chi connectivity index (χ0v) is 4.47. The van der Waals surface area contributed by atoms with Crippen molar-refractivity contribution in [1.82, 2.24) is 0 Å². The Morgan fingerprint density at radius 2 is 1.00 bits per heavy atom. The molecule has 0 atom stereocenters. The summed E-state index contributed by atoms with van der Waals surface area (Å²) in [5.41, 5.74) is 0. The Labute approximate surface area is 46.6 Å². The Balaban J connectivity index is 0. The SMILES string of the molecule is C.O.[Au].[Si]. The first-order chi connectivity index (χ1) is 0. The number of hydrogen-bond acceptors (Lipinski definition) is 0. The summed E-state index contributed by atoms with van der Waals surface area (Å²) in [4.78, 5) is 0. The van der Waals surface area contributed by atoms with Crippen LogP contribution in [0.1, 0.15) is 7.43 Å². The first-order valence-electron chi connectivity index (χ1n) is 0. The molecular formula is CH6AuOSi. The van der Waals surface area contributed by atoms with Crippen LogP contribution in [-0.4, -0.2) is 16.4 Å². The van der Waals surface area contributed by atoms with E-state index in [4.69, 9.17) is 0 Å².